The number of carbonyl (C=O) groups excluding carboxylic acids is 6. The highest BCUT2D eigenvalue weighted by Crippen LogP contribution is 2.46. The molecule has 0 bridgehead atoms. The van der Waals surface area contributed by atoms with E-state index in [9.17, 15) is 84.1 Å². The normalized spacial score (nSPS) is 20.3. The Morgan fingerprint density at radius 3 is 1.09 bits per heavy atom. The van der Waals surface area contributed by atoms with Crippen LogP contribution in [0.3, 0.4) is 0 Å². The Hall–Kier alpha value is -10.6. The molecule has 114 heavy (non-hydrogen) atoms. The summed E-state index contributed by atoms with van der Waals surface area (Å²) in [6, 6.07) is 45.3. The van der Waals surface area contributed by atoms with E-state index in [4.69, 9.17) is 0 Å². The summed E-state index contributed by atoms with van der Waals surface area (Å²) in [6.45, 7) is 14.4. The van der Waals surface area contributed by atoms with E-state index >= 15 is 0 Å². The van der Waals surface area contributed by atoms with Gasteiger partial charge >= 0.3 is 18.5 Å². The average molecular weight is 1570 g/mol. The van der Waals surface area contributed by atoms with Gasteiger partial charge in [-0.15, -0.1) is 0 Å². The molecule has 6 aliphatic rings. The summed E-state index contributed by atoms with van der Waals surface area (Å²) in [6.07, 6.45) is -5.32. The third-order valence-electron chi connectivity index (χ3n) is 23.8. The van der Waals surface area contributed by atoms with E-state index in [-0.39, 0.29) is 82.1 Å². The molecule has 3 saturated heterocycles. The van der Waals surface area contributed by atoms with Crippen molar-refractivity contribution in [2.45, 2.75) is 148 Å². The minimum absolute atomic E-state index is 0.0983. The molecular weight excluding hydrogens is 1480 g/mol. The molecule has 0 saturated carbocycles. The van der Waals surface area contributed by atoms with E-state index in [1.807, 2.05) is 12.1 Å². The van der Waals surface area contributed by atoms with Crippen molar-refractivity contribution in [3.63, 3.8) is 0 Å². The van der Waals surface area contributed by atoms with Crippen LogP contribution in [0.1, 0.15) is 150 Å². The zero-order valence-corrected chi connectivity index (χ0v) is 64.0. The summed E-state index contributed by atoms with van der Waals surface area (Å²) in [5, 5.41) is 28.2. The van der Waals surface area contributed by atoms with Crippen LogP contribution in [0.5, 0.6) is 0 Å². The van der Waals surface area contributed by atoms with Crippen LogP contribution < -0.4 is 28.6 Å². The van der Waals surface area contributed by atoms with Gasteiger partial charge in [-0.25, -0.2) is 23.7 Å². The molecule has 27 heteroatoms. The summed E-state index contributed by atoms with van der Waals surface area (Å²) in [4.78, 5) is 94.7. The number of carbonyl (C=O) groups is 6. The van der Waals surface area contributed by atoms with Gasteiger partial charge in [0.15, 0.2) is 6.17 Å². The van der Waals surface area contributed by atoms with Crippen LogP contribution in [0.4, 0.5) is 73.6 Å². The number of imide groups is 3. The van der Waals surface area contributed by atoms with Crippen molar-refractivity contribution in [2.75, 3.05) is 105 Å². The summed E-state index contributed by atoms with van der Waals surface area (Å²) >= 11 is 0. The Bertz CT molecular complexity index is 4860. The van der Waals surface area contributed by atoms with Gasteiger partial charge in [0.1, 0.15) is 37.6 Å². The lowest BCUT2D eigenvalue weighted by Crippen LogP contribution is -2.86. The topological polar surface area (TPSA) is 196 Å². The van der Waals surface area contributed by atoms with Crippen molar-refractivity contribution in [3.05, 3.63) is 212 Å². The lowest BCUT2D eigenvalue weighted by Gasteiger charge is -2.62. The van der Waals surface area contributed by atoms with Crippen molar-refractivity contribution in [3.8, 4) is 18.2 Å². The fourth-order valence-electron chi connectivity index (χ4n) is 17.7. The molecule has 6 aliphatic heterocycles. The van der Waals surface area contributed by atoms with E-state index in [2.05, 4.69) is 98.5 Å². The highest BCUT2D eigenvalue weighted by atomic mass is 19.4. The molecule has 6 heterocycles. The molecule has 3 atom stereocenters. The summed E-state index contributed by atoms with van der Waals surface area (Å²) in [7, 11) is 0. The van der Waals surface area contributed by atoms with Crippen LogP contribution in [0, 0.1) is 34.0 Å². The Labute approximate surface area is 657 Å². The van der Waals surface area contributed by atoms with Gasteiger partial charge in [0, 0.05) is 71.8 Å². The Morgan fingerprint density at radius 2 is 0.711 bits per heavy atom. The molecule has 0 aromatic heterocycles. The molecular formula is C87H91F9N12O6+2. The number of para-hydroxylation sites is 3. The quantitative estimate of drug-likeness (QED) is 0.0186. The third-order valence-corrected chi connectivity index (χ3v) is 23.8. The Morgan fingerprint density at radius 1 is 0.368 bits per heavy atom. The predicted molar refractivity (Wildman–Crippen MR) is 415 cm³/mol. The van der Waals surface area contributed by atoms with Crippen molar-refractivity contribution < 1.29 is 68.3 Å². The van der Waals surface area contributed by atoms with Crippen LogP contribution in [-0.2, 0) is 47.3 Å². The average Bonchev–Trinajstić information content (AvgIpc) is 1.33. The van der Waals surface area contributed by atoms with Crippen LogP contribution in [0.25, 0.3) is 0 Å². The minimum atomic E-state index is -4.89. The van der Waals surface area contributed by atoms with Crippen molar-refractivity contribution in [2.24, 2.45) is 0 Å². The largest absolute Gasteiger partial charge is 0.417 e. The Kier molecular flexibility index (Phi) is 25.4. The number of unbranched alkanes of at least 4 members (excludes halogenated alkanes) is 9. The zero-order chi connectivity index (χ0) is 81.4. The zero-order valence-electron chi connectivity index (χ0n) is 64.0. The first-order valence-corrected chi connectivity index (χ1v) is 39.0. The van der Waals surface area contributed by atoms with Gasteiger partial charge in [0.2, 0.25) is 6.17 Å². The van der Waals surface area contributed by atoms with Crippen LogP contribution in [-0.4, -0.2) is 148 Å². The van der Waals surface area contributed by atoms with Gasteiger partial charge in [-0.1, -0.05) is 93.1 Å². The van der Waals surface area contributed by atoms with Gasteiger partial charge in [0.25, 0.3) is 35.4 Å². The molecule has 3 fully saturated rings. The number of nitriles is 3. The van der Waals surface area contributed by atoms with E-state index in [1.54, 1.807) is 12.1 Å². The first-order chi connectivity index (χ1) is 54.6. The summed E-state index contributed by atoms with van der Waals surface area (Å²) in [5.74, 6) is -4.11. The second-order valence-corrected chi connectivity index (χ2v) is 30.4. The standard InChI is InChI=1S/C87H91F9N12O6/c1-59-71(82(112)104(79(59)109)66-37-34-62(54-97)74(51-66)85(88,89)90)31-19-4-7-22-40-100-45-48-107(49-46-100,69-27-15-11-16-28-69)78-58-102(42-24-9-6-21-33-73-61(3)81(111)106(84(73)114)68-39-36-64(56-99)76(53-68)87(94,95)96)47-50-108(78,70-29-17-12-18-30-70)77-57-101(43-44-103(77)65-25-13-10-14-26-65)41-23-8-5-20-32-72-60(2)80(110)105(83(72)113)67-38-35-63(55-98)75(52-67)86(91,92)93/h10-18,25-30,34-39,51-53,77-78H,4-9,19-24,31-33,40-50,57-58H2,1-3H3/q+2. The third kappa shape index (κ3) is 17.1. The van der Waals surface area contributed by atoms with E-state index in [1.165, 1.54) is 56.4 Å². The number of halogens is 9. The van der Waals surface area contributed by atoms with Crippen LogP contribution in [0.15, 0.2) is 179 Å². The number of amides is 6. The molecule has 0 N–H and O–H groups in total. The van der Waals surface area contributed by atoms with Gasteiger partial charge in [-0.2, -0.15) is 55.3 Å². The molecule has 6 aromatic rings. The van der Waals surface area contributed by atoms with Crippen molar-refractivity contribution >= 4 is 69.6 Å². The molecule has 596 valence electrons. The van der Waals surface area contributed by atoms with Crippen molar-refractivity contribution in [1.82, 2.24) is 23.7 Å². The maximum absolute atomic E-state index is 14.0. The monoisotopic (exact) mass is 1570 g/mol. The maximum Gasteiger partial charge on any atom is 0.417 e. The SMILES string of the molecule is CC1=C(CCCCCCN2CC[N+](c3ccccc3)(C3CN(CCCCCCC4=C(C)C(=O)N(c5ccc(C#N)c(C(F)(F)F)c5)C4=O)CC[N+]3(c3ccccc3)C3CN(CCCCCCC4=C(C)C(=O)N(c5ccc(C#N)c(C(F)(F)F)c5)C4=O)CCN3c3ccccc3)CC2)C(=O)N(c2ccc(C#N)c(C(F)(F)F)c2)C1=O. The van der Waals surface area contributed by atoms with Gasteiger partial charge in [0.05, 0.1) is 75.2 Å². The molecule has 18 nitrogen and oxygen atoms in total. The fourth-order valence-corrected chi connectivity index (χ4v) is 17.7. The van der Waals surface area contributed by atoms with Gasteiger partial charge < -0.3 is 4.90 Å². The minimum Gasteiger partial charge on any atom is -0.320 e. The number of nitrogens with zero attached hydrogens (tertiary/aromatic N) is 12. The molecule has 6 amide bonds. The number of alkyl halides is 9. The second-order valence-electron chi connectivity index (χ2n) is 30.4. The lowest BCUT2D eigenvalue weighted by molar-refractivity contribution is -0.138. The van der Waals surface area contributed by atoms with Crippen LogP contribution in [0.2, 0.25) is 0 Å². The van der Waals surface area contributed by atoms with Crippen LogP contribution >= 0.6 is 0 Å². The lowest BCUT2D eigenvalue weighted by atomic mass is 9.98. The highest BCUT2D eigenvalue weighted by molar-refractivity contribution is 6.34. The molecule has 0 aliphatic carbocycles. The summed E-state index contributed by atoms with van der Waals surface area (Å²) < 4.78 is 127. The van der Waals surface area contributed by atoms with E-state index in [0.29, 0.717) is 65.9 Å². The number of hydrogen-bond donors (Lipinski definition) is 0. The molecule has 0 radical (unpaired) electrons. The Balaban J connectivity index is 0.762. The maximum atomic E-state index is 14.0. The van der Waals surface area contributed by atoms with Gasteiger partial charge in [-0.05, 0) is 189 Å². The number of benzene rings is 6. The predicted octanol–water partition coefficient (Wildman–Crippen LogP) is 16.3. The van der Waals surface area contributed by atoms with Gasteiger partial charge in [-0.3, -0.25) is 43.5 Å². The molecule has 0 spiro atoms. The fraction of sp³-hybridized carbons (Fsp3) is 0.414. The number of quaternary nitrogens is 2. The first kappa shape index (κ1) is 82.8. The second kappa shape index (κ2) is 35.0. The van der Waals surface area contributed by atoms with E-state index in [0.717, 1.165) is 162 Å². The highest BCUT2D eigenvalue weighted by Gasteiger charge is 2.62. The smallest absolute Gasteiger partial charge is 0.320 e. The number of piperazine rings is 3. The molecule has 3 unspecified atom stereocenters. The number of rotatable bonds is 29. The van der Waals surface area contributed by atoms with E-state index < -0.39 is 87.4 Å². The number of hydrogen-bond acceptors (Lipinski definition) is 13. The molecule has 12 rings (SSSR count). The first-order valence-electron chi connectivity index (χ1n) is 39.0. The number of anilines is 4. The van der Waals surface area contributed by atoms with Crippen molar-refractivity contribution in [1.29, 1.82) is 15.8 Å². The molecule has 6 aromatic carbocycles. The summed E-state index contributed by atoms with van der Waals surface area (Å²) in [5.41, 5.74) is -1.53.